The first kappa shape index (κ1) is 12.1. The number of amides is 1. The molecule has 1 aliphatic carbocycles. The molecule has 1 saturated carbocycles. The predicted octanol–water partition coefficient (Wildman–Crippen LogP) is 0.240. The molecule has 5 heteroatoms. The van der Waals surface area contributed by atoms with Gasteiger partial charge in [0.2, 0.25) is 0 Å². The molecule has 0 spiro atoms. The Morgan fingerprint density at radius 3 is 2.94 bits per heavy atom. The first-order chi connectivity index (χ1) is 8.00. The first-order valence-corrected chi connectivity index (χ1v) is 5.97. The van der Waals surface area contributed by atoms with Crippen molar-refractivity contribution in [3.8, 4) is 0 Å². The van der Waals surface area contributed by atoms with Gasteiger partial charge in [0.15, 0.2) is 0 Å². The molecule has 1 heterocycles. The molecule has 2 rings (SSSR count). The van der Waals surface area contributed by atoms with Gasteiger partial charge in [0.1, 0.15) is 5.60 Å². The lowest BCUT2D eigenvalue weighted by molar-refractivity contribution is -0.140. The maximum absolute atomic E-state index is 11.8. The van der Waals surface area contributed by atoms with E-state index in [2.05, 4.69) is 10.3 Å². The Bertz CT molecular complexity index is 408. The highest BCUT2D eigenvalue weighted by Crippen LogP contribution is 2.39. The second-order valence-corrected chi connectivity index (χ2v) is 4.96. The van der Waals surface area contributed by atoms with Crippen molar-refractivity contribution in [2.75, 3.05) is 6.54 Å². The fraction of sp³-hybridized carbons (Fsp3) is 0.667. The molecule has 94 valence electrons. The molecule has 1 fully saturated rings. The average molecular weight is 237 g/mol. The zero-order chi connectivity index (χ0) is 12.5. The summed E-state index contributed by atoms with van der Waals surface area (Å²) in [6.07, 6.45) is 6.23. The number of carbonyl (C=O) groups is 1. The van der Waals surface area contributed by atoms with Gasteiger partial charge in [0, 0.05) is 26.2 Å². The quantitative estimate of drug-likeness (QED) is 0.771. The zero-order valence-electron chi connectivity index (χ0n) is 10.3. The van der Waals surface area contributed by atoms with E-state index < -0.39 is 5.60 Å². The Morgan fingerprint density at radius 1 is 1.71 bits per heavy atom. The monoisotopic (exact) mass is 237 g/mol. The zero-order valence-corrected chi connectivity index (χ0v) is 10.3. The van der Waals surface area contributed by atoms with Crippen LogP contribution < -0.4 is 5.32 Å². The summed E-state index contributed by atoms with van der Waals surface area (Å²) in [6.45, 7) is 2.11. The Hall–Kier alpha value is -1.36. The van der Waals surface area contributed by atoms with E-state index in [0.29, 0.717) is 13.0 Å². The maximum Gasteiger partial charge on any atom is 0.251 e. The Balaban J connectivity index is 1.76. The van der Waals surface area contributed by atoms with Crippen molar-refractivity contribution >= 4 is 5.91 Å². The van der Waals surface area contributed by atoms with Gasteiger partial charge in [-0.1, -0.05) is 0 Å². The summed E-state index contributed by atoms with van der Waals surface area (Å²) in [6, 6.07) is 0. The highest BCUT2D eigenvalue weighted by atomic mass is 16.3. The molecular weight excluding hydrogens is 218 g/mol. The first-order valence-electron chi connectivity index (χ1n) is 5.97. The van der Waals surface area contributed by atoms with Crippen LogP contribution in [0.5, 0.6) is 0 Å². The topological polar surface area (TPSA) is 67.2 Å². The van der Waals surface area contributed by atoms with Gasteiger partial charge in [-0.05, 0) is 25.7 Å². The normalized spacial score (nSPS) is 18.8. The SMILES string of the molecule is Cn1cnc(CCNC(=O)C(C)(O)C2CC2)c1. The molecule has 1 amide bonds. The van der Waals surface area contributed by atoms with E-state index in [9.17, 15) is 9.90 Å². The summed E-state index contributed by atoms with van der Waals surface area (Å²) in [5, 5.41) is 12.8. The van der Waals surface area contributed by atoms with Gasteiger partial charge in [-0.2, -0.15) is 0 Å². The van der Waals surface area contributed by atoms with Crippen molar-refractivity contribution in [1.82, 2.24) is 14.9 Å². The Labute approximate surface area is 101 Å². The van der Waals surface area contributed by atoms with Crippen molar-refractivity contribution in [3.05, 3.63) is 18.2 Å². The molecule has 1 atom stereocenters. The van der Waals surface area contributed by atoms with Crippen LogP contribution in [0.1, 0.15) is 25.5 Å². The van der Waals surface area contributed by atoms with E-state index in [1.54, 1.807) is 13.3 Å². The number of hydrogen-bond acceptors (Lipinski definition) is 3. The molecule has 1 aromatic rings. The number of aromatic nitrogens is 2. The molecule has 17 heavy (non-hydrogen) atoms. The van der Waals surface area contributed by atoms with Gasteiger partial charge in [-0.25, -0.2) is 4.98 Å². The van der Waals surface area contributed by atoms with Crippen molar-refractivity contribution in [2.45, 2.75) is 31.8 Å². The molecule has 1 aromatic heterocycles. The summed E-state index contributed by atoms with van der Waals surface area (Å²) in [5.41, 5.74) is -0.261. The van der Waals surface area contributed by atoms with E-state index in [1.807, 2.05) is 17.8 Å². The van der Waals surface area contributed by atoms with E-state index in [-0.39, 0.29) is 11.8 Å². The van der Waals surface area contributed by atoms with Crippen LogP contribution in [-0.4, -0.2) is 32.7 Å². The highest BCUT2D eigenvalue weighted by Gasteiger charge is 2.45. The Kier molecular flexibility index (Phi) is 3.19. The fourth-order valence-electron chi connectivity index (χ4n) is 1.91. The number of rotatable bonds is 5. The summed E-state index contributed by atoms with van der Waals surface area (Å²) in [5.74, 6) is -0.131. The van der Waals surface area contributed by atoms with Crippen molar-refractivity contribution in [1.29, 1.82) is 0 Å². The van der Waals surface area contributed by atoms with Crippen molar-refractivity contribution in [2.24, 2.45) is 13.0 Å². The molecule has 0 radical (unpaired) electrons. The van der Waals surface area contributed by atoms with Crippen LogP contribution >= 0.6 is 0 Å². The average Bonchev–Trinajstić information content (AvgIpc) is 3.04. The van der Waals surface area contributed by atoms with Crippen LogP contribution in [0, 0.1) is 5.92 Å². The lowest BCUT2D eigenvalue weighted by atomic mass is 10.00. The van der Waals surface area contributed by atoms with Crippen LogP contribution in [0.25, 0.3) is 0 Å². The summed E-state index contributed by atoms with van der Waals surface area (Å²) in [7, 11) is 1.91. The van der Waals surface area contributed by atoms with Crippen LogP contribution in [-0.2, 0) is 18.3 Å². The van der Waals surface area contributed by atoms with Gasteiger partial charge in [0.05, 0.1) is 12.0 Å². The van der Waals surface area contributed by atoms with Crippen LogP contribution in [0.2, 0.25) is 0 Å². The number of aryl methyl sites for hydroxylation is 1. The van der Waals surface area contributed by atoms with E-state index in [1.165, 1.54) is 0 Å². The number of hydrogen-bond donors (Lipinski definition) is 2. The largest absolute Gasteiger partial charge is 0.380 e. The molecule has 5 nitrogen and oxygen atoms in total. The smallest absolute Gasteiger partial charge is 0.251 e. The predicted molar refractivity (Wildman–Crippen MR) is 63.3 cm³/mol. The molecule has 0 saturated heterocycles. The second-order valence-electron chi connectivity index (χ2n) is 4.96. The molecule has 1 unspecified atom stereocenters. The second kappa shape index (κ2) is 4.49. The van der Waals surface area contributed by atoms with E-state index >= 15 is 0 Å². The summed E-state index contributed by atoms with van der Waals surface area (Å²) >= 11 is 0. The van der Waals surface area contributed by atoms with Gasteiger partial charge >= 0.3 is 0 Å². The molecule has 2 N–H and O–H groups in total. The molecule has 0 aliphatic heterocycles. The third kappa shape index (κ3) is 2.85. The fourth-order valence-corrected chi connectivity index (χ4v) is 1.91. The highest BCUT2D eigenvalue weighted by molar-refractivity contribution is 5.85. The standard InChI is InChI=1S/C12H19N3O2/c1-12(17,9-3-4-9)11(16)13-6-5-10-7-15(2)8-14-10/h7-9,17H,3-6H2,1-2H3,(H,13,16). The Morgan fingerprint density at radius 2 is 2.41 bits per heavy atom. The van der Waals surface area contributed by atoms with Gasteiger partial charge < -0.3 is 15.0 Å². The minimum atomic E-state index is -1.20. The third-order valence-electron chi connectivity index (χ3n) is 3.26. The summed E-state index contributed by atoms with van der Waals surface area (Å²) < 4.78 is 1.87. The van der Waals surface area contributed by atoms with Gasteiger partial charge in [-0.3, -0.25) is 4.79 Å². The molecular formula is C12H19N3O2. The van der Waals surface area contributed by atoms with Gasteiger partial charge in [0.25, 0.3) is 5.91 Å². The molecule has 0 bridgehead atoms. The van der Waals surface area contributed by atoms with Crippen molar-refractivity contribution in [3.63, 3.8) is 0 Å². The number of carbonyl (C=O) groups excluding carboxylic acids is 1. The third-order valence-corrected chi connectivity index (χ3v) is 3.26. The summed E-state index contributed by atoms with van der Waals surface area (Å²) in [4.78, 5) is 15.9. The van der Waals surface area contributed by atoms with Crippen LogP contribution in [0.3, 0.4) is 0 Å². The number of imidazole rings is 1. The maximum atomic E-state index is 11.8. The van der Waals surface area contributed by atoms with E-state index in [4.69, 9.17) is 0 Å². The number of nitrogens with one attached hydrogen (secondary N) is 1. The lowest BCUT2D eigenvalue weighted by Gasteiger charge is -2.21. The number of aliphatic hydroxyl groups is 1. The van der Waals surface area contributed by atoms with Crippen molar-refractivity contribution < 1.29 is 9.90 Å². The minimum absolute atomic E-state index is 0.136. The number of nitrogens with zero attached hydrogens (tertiary/aromatic N) is 2. The van der Waals surface area contributed by atoms with Crippen LogP contribution in [0.15, 0.2) is 12.5 Å². The molecule has 0 aromatic carbocycles. The van der Waals surface area contributed by atoms with Gasteiger partial charge in [-0.15, -0.1) is 0 Å². The van der Waals surface area contributed by atoms with E-state index in [0.717, 1.165) is 18.5 Å². The minimum Gasteiger partial charge on any atom is -0.380 e. The molecule has 1 aliphatic rings. The van der Waals surface area contributed by atoms with Crippen LogP contribution in [0.4, 0.5) is 0 Å². The lowest BCUT2D eigenvalue weighted by Crippen LogP contribution is -2.46.